The van der Waals surface area contributed by atoms with Gasteiger partial charge in [-0.3, -0.25) is 4.79 Å². The van der Waals surface area contributed by atoms with Crippen molar-refractivity contribution in [2.24, 2.45) is 0 Å². The summed E-state index contributed by atoms with van der Waals surface area (Å²) in [5, 5.41) is 8.52. The van der Waals surface area contributed by atoms with Gasteiger partial charge in [0.15, 0.2) is 16.6 Å². The third-order valence-corrected chi connectivity index (χ3v) is 5.03. The molecule has 0 radical (unpaired) electrons. The number of anilines is 1. The van der Waals surface area contributed by atoms with Crippen LogP contribution in [0.4, 0.5) is 5.69 Å². The molecule has 1 amide bonds. The normalized spacial score (nSPS) is 11.9. The highest BCUT2D eigenvalue weighted by atomic mass is 79.9. The van der Waals surface area contributed by atoms with Gasteiger partial charge in [-0.15, -0.1) is 0 Å². The van der Waals surface area contributed by atoms with Crippen molar-refractivity contribution in [1.82, 2.24) is 10.6 Å². The molecule has 0 fully saturated rings. The van der Waals surface area contributed by atoms with E-state index in [0.29, 0.717) is 11.5 Å². The number of hydrogen-bond donors (Lipinski definition) is 3. The average molecular weight is 542 g/mol. The Morgan fingerprint density at radius 3 is 2.21 bits per heavy atom. The number of rotatable bonds is 6. The zero-order chi connectivity index (χ0) is 21.6. The predicted octanol–water partition coefficient (Wildman–Crippen LogP) is 4.88. The Kier molecular flexibility index (Phi) is 8.66. The third-order valence-electron chi connectivity index (χ3n) is 3.63. The van der Waals surface area contributed by atoms with E-state index in [1.807, 2.05) is 24.3 Å². The van der Waals surface area contributed by atoms with Gasteiger partial charge in [-0.2, -0.15) is 0 Å². The van der Waals surface area contributed by atoms with Gasteiger partial charge in [0.2, 0.25) is 3.79 Å². The van der Waals surface area contributed by atoms with Crippen molar-refractivity contribution in [3.8, 4) is 11.5 Å². The fourth-order valence-electron chi connectivity index (χ4n) is 2.22. The summed E-state index contributed by atoms with van der Waals surface area (Å²) < 4.78 is 9.41. The number of thiocarbonyl (C=S) groups is 1. The van der Waals surface area contributed by atoms with E-state index in [0.717, 1.165) is 10.2 Å². The number of ether oxygens (including phenoxy) is 2. The Labute approximate surface area is 197 Å². The van der Waals surface area contributed by atoms with Crippen LogP contribution in [0.5, 0.6) is 11.5 Å². The summed E-state index contributed by atoms with van der Waals surface area (Å²) in [6, 6.07) is 12.0. The minimum Gasteiger partial charge on any atom is -0.493 e. The third kappa shape index (κ3) is 7.08. The van der Waals surface area contributed by atoms with Crippen LogP contribution in [-0.4, -0.2) is 35.2 Å². The molecule has 156 valence electrons. The molecule has 0 aliphatic rings. The lowest BCUT2D eigenvalue weighted by atomic mass is 10.2. The fraction of sp³-hybridized carbons (Fsp3) is 0.222. The lowest BCUT2D eigenvalue weighted by Crippen LogP contribution is -2.56. The molecule has 0 heterocycles. The highest BCUT2D eigenvalue weighted by Crippen LogP contribution is 2.30. The summed E-state index contributed by atoms with van der Waals surface area (Å²) >= 11 is 26.7. The molecular formula is C18H17BrCl3N3O3S. The van der Waals surface area contributed by atoms with Crippen LogP contribution in [0.15, 0.2) is 46.9 Å². The zero-order valence-electron chi connectivity index (χ0n) is 15.3. The van der Waals surface area contributed by atoms with E-state index < -0.39 is 15.9 Å². The Morgan fingerprint density at radius 1 is 1.03 bits per heavy atom. The van der Waals surface area contributed by atoms with Crippen LogP contribution in [0.25, 0.3) is 0 Å². The molecule has 6 nitrogen and oxygen atoms in total. The first kappa shape index (κ1) is 23.8. The molecule has 2 aromatic carbocycles. The summed E-state index contributed by atoms with van der Waals surface area (Å²) in [6.07, 6.45) is -1.11. The van der Waals surface area contributed by atoms with Gasteiger partial charge in [0, 0.05) is 15.7 Å². The molecule has 29 heavy (non-hydrogen) atoms. The van der Waals surface area contributed by atoms with Gasteiger partial charge in [0.25, 0.3) is 5.91 Å². The van der Waals surface area contributed by atoms with Crippen molar-refractivity contribution in [1.29, 1.82) is 0 Å². The SMILES string of the molecule is COc1ccc(C(=O)N[C@@H](NC(=S)Nc2ccc(Br)cc2)C(Cl)(Cl)Cl)cc1OC. The number of carbonyl (C=O) groups is 1. The van der Waals surface area contributed by atoms with Crippen LogP contribution in [-0.2, 0) is 0 Å². The van der Waals surface area contributed by atoms with Crippen LogP contribution < -0.4 is 25.4 Å². The Morgan fingerprint density at radius 2 is 1.66 bits per heavy atom. The van der Waals surface area contributed by atoms with Crippen LogP contribution >= 0.6 is 63.0 Å². The smallest absolute Gasteiger partial charge is 0.253 e. The van der Waals surface area contributed by atoms with Crippen molar-refractivity contribution in [3.63, 3.8) is 0 Å². The lowest BCUT2D eigenvalue weighted by Gasteiger charge is -2.28. The van der Waals surface area contributed by atoms with Gasteiger partial charge in [0.05, 0.1) is 14.2 Å². The molecular weight excluding hydrogens is 525 g/mol. The minimum atomic E-state index is -1.88. The molecule has 1 atom stereocenters. The zero-order valence-corrected chi connectivity index (χ0v) is 19.9. The molecule has 0 spiro atoms. The van der Waals surface area contributed by atoms with Crippen molar-refractivity contribution in [3.05, 3.63) is 52.5 Å². The van der Waals surface area contributed by atoms with E-state index in [9.17, 15) is 4.79 Å². The van der Waals surface area contributed by atoms with E-state index in [1.54, 1.807) is 12.1 Å². The van der Waals surface area contributed by atoms with Crippen LogP contribution in [0.3, 0.4) is 0 Å². The maximum absolute atomic E-state index is 12.7. The standard InChI is InChI=1S/C18H17BrCl3N3O3S/c1-27-13-8-3-10(9-14(13)28-2)15(26)24-16(18(20,21)22)25-17(29)23-12-6-4-11(19)5-7-12/h3-9,16H,1-2H3,(H,24,26)(H2,23,25,29)/t16-/m0/s1. The average Bonchev–Trinajstić information content (AvgIpc) is 2.67. The van der Waals surface area contributed by atoms with Gasteiger partial charge >= 0.3 is 0 Å². The number of methoxy groups -OCH3 is 2. The topological polar surface area (TPSA) is 71.6 Å². The second-order valence-electron chi connectivity index (χ2n) is 5.62. The van der Waals surface area contributed by atoms with E-state index in [4.69, 9.17) is 56.5 Å². The van der Waals surface area contributed by atoms with Crippen LogP contribution in [0.2, 0.25) is 0 Å². The summed E-state index contributed by atoms with van der Waals surface area (Å²) in [6.45, 7) is 0. The molecule has 0 unspecified atom stereocenters. The number of amides is 1. The van der Waals surface area contributed by atoms with Crippen molar-refractivity contribution in [2.75, 3.05) is 19.5 Å². The summed E-state index contributed by atoms with van der Waals surface area (Å²) in [7, 11) is 2.97. The summed E-state index contributed by atoms with van der Waals surface area (Å²) in [5.74, 6) is 0.382. The largest absolute Gasteiger partial charge is 0.493 e. The van der Waals surface area contributed by atoms with E-state index in [2.05, 4.69) is 31.9 Å². The van der Waals surface area contributed by atoms with E-state index in [-0.39, 0.29) is 10.7 Å². The molecule has 3 N–H and O–H groups in total. The Hall–Kier alpha value is -1.45. The van der Waals surface area contributed by atoms with Crippen molar-refractivity contribution in [2.45, 2.75) is 9.96 Å². The first-order chi connectivity index (χ1) is 13.6. The first-order valence-corrected chi connectivity index (χ1v) is 10.4. The number of carbonyl (C=O) groups excluding carboxylic acids is 1. The molecule has 11 heteroatoms. The maximum Gasteiger partial charge on any atom is 0.253 e. The summed E-state index contributed by atoms with van der Waals surface area (Å²) in [4.78, 5) is 12.7. The van der Waals surface area contributed by atoms with E-state index >= 15 is 0 Å². The Balaban J connectivity index is 2.11. The second kappa shape index (κ2) is 10.5. The molecule has 2 aromatic rings. The molecule has 0 bridgehead atoms. The number of nitrogens with one attached hydrogen (secondary N) is 3. The summed E-state index contributed by atoms with van der Waals surface area (Å²) in [5.41, 5.74) is 1.01. The number of halogens is 4. The van der Waals surface area contributed by atoms with E-state index in [1.165, 1.54) is 20.3 Å². The monoisotopic (exact) mass is 539 g/mol. The number of benzene rings is 2. The molecule has 0 aliphatic carbocycles. The highest BCUT2D eigenvalue weighted by Gasteiger charge is 2.35. The molecule has 0 aromatic heterocycles. The molecule has 2 rings (SSSR count). The van der Waals surface area contributed by atoms with Gasteiger partial charge in [-0.05, 0) is 54.7 Å². The van der Waals surface area contributed by atoms with Gasteiger partial charge in [0.1, 0.15) is 6.17 Å². The molecule has 0 saturated heterocycles. The number of hydrogen-bond acceptors (Lipinski definition) is 4. The number of alkyl halides is 3. The fourth-order valence-corrected chi connectivity index (χ4v) is 3.05. The maximum atomic E-state index is 12.7. The predicted molar refractivity (Wildman–Crippen MR) is 125 cm³/mol. The lowest BCUT2D eigenvalue weighted by molar-refractivity contribution is 0.0934. The van der Waals surface area contributed by atoms with Crippen LogP contribution in [0.1, 0.15) is 10.4 Å². The van der Waals surface area contributed by atoms with Crippen molar-refractivity contribution < 1.29 is 14.3 Å². The quantitative estimate of drug-likeness (QED) is 0.275. The first-order valence-electron chi connectivity index (χ1n) is 8.06. The minimum absolute atomic E-state index is 0.163. The van der Waals surface area contributed by atoms with Crippen molar-refractivity contribution >= 4 is 79.7 Å². The van der Waals surface area contributed by atoms with Gasteiger partial charge in [-0.25, -0.2) is 0 Å². The Bertz CT molecular complexity index is 879. The molecule has 0 saturated carbocycles. The second-order valence-corrected chi connectivity index (χ2v) is 9.32. The van der Waals surface area contributed by atoms with Gasteiger partial charge < -0.3 is 25.4 Å². The molecule has 0 aliphatic heterocycles. The highest BCUT2D eigenvalue weighted by molar-refractivity contribution is 9.10. The van der Waals surface area contributed by atoms with Crippen LogP contribution in [0, 0.1) is 0 Å². The van der Waals surface area contributed by atoms with Gasteiger partial charge in [-0.1, -0.05) is 50.7 Å².